The summed E-state index contributed by atoms with van der Waals surface area (Å²) in [6.45, 7) is 6.12. The van der Waals surface area contributed by atoms with Crippen molar-refractivity contribution >= 4 is 11.3 Å². The summed E-state index contributed by atoms with van der Waals surface area (Å²) >= 11 is 1.74. The Morgan fingerprint density at radius 2 is 1.93 bits per heavy atom. The minimum absolute atomic E-state index is 0.0173. The molecule has 30 heavy (non-hydrogen) atoms. The van der Waals surface area contributed by atoms with Crippen LogP contribution in [-0.2, 0) is 11.2 Å². The molecule has 2 aromatic carbocycles. The minimum atomic E-state index is -0.213. The number of aryl methyl sites for hydroxylation is 1. The van der Waals surface area contributed by atoms with Crippen molar-refractivity contribution in [1.82, 2.24) is 0 Å². The highest BCUT2D eigenvalue weighted by atomic mass is 32.1. The van der Waals surface area contributed by atoms with Crippen LogP contribution in [0.5, 0.6) is 0 Å². The molecule has 0 bridgehead atoms. The SMILES string of the molecule is C=C[C@H]1C[C@@H](CO)O[C@@H](c2ccc(C)c(Cc3ccc(-c4ccc(F)cc4)s3)c2)C1. The molecule has 2 nitrogen and oxygen atoms in total. The summed E-state index contributed by atoms with van der Waals surface area (Å²) in [5.41, 5.74) is 4.74. The van der Waals surface area contributed by atoms with E-state index < -0.39 is 0 Å². The van der Waals surface area contributed by atoms with Crippen LogP contribution in [0.15, 0.2) is 67.3 Å². The minimum Gasteiger partial charge on any atom is -0.394 e. The first-order chi connectivity index (χ1) is 14.6. The Morgan fingerprint density at radius 1 is 1.13 bits per heavy atom. The fourth-order valence-electron chi connectivity index (χ4n) is 4.09. The fourth-order valence-corrected chi connectivity index (χ4v) is 5.13. The van der Waals surface area contributed by atoms with Gasteiger partial charge in [-0.15, -0.1) is 17.9 Å². The molecule has 156 valence electrons. The maximum atomic E-state index is 13.2. The van der Waals surface area contributed by atoms with Crippen molar-refractivity contribution in [2.75, 3.05) is 6.61 Å². The lowest BCUT2D eigenvalue weighted by molar-refractivity contribution is -0.0858. The Bertz CT molecular complexity index is 1010. The topological polar surface area (TPSA) is 29.5 Å². The number of aliphatic hydroxyl groups excluding tert-OH is 1. The van der Waals surface area contributed by atoms with Gasteiger partial charge in [0.15, 0.2) is 0 Å². The van der Waals surface area contributed by atoms with Gasteiger partial charge >= 0.3 is 0 Å². The van der Waals surface area contributed by atoms with Crippen LogP contribution in [0.3, 0.4) is 0 Å². The highest BCUT2D eigenvalue weighted by Crippen LogP contribution is 2.37. The Balaban J connectivity index is 1.54. The Hall–Kier alpha value is -2.27. The van der Waals surface area contributed by atoms with Crippen molar-refractivity contribution in [1.29, 1.82) is 0 Å². The largest absolute Gasteiger partial charge is 0.394 e. The summed E-state index contributed by atoms with van der Waals surface area (Å²) in [6, 6.07) is 17.5. The molecule has 0 spiro atoms. The van der Waals surface area contributed by atoms with Crippen molar-refractivity contribution in [3.63, 3.8) is 0 Å². The van der Waals surface area contributed by atoms with Crippen molar-refractivity contribution < 1.29 is 14.2 Å². The predicted molar refractivity (Wildman–Crippen MR) is 121 cm³/mol. The third-order valence-corrected chi connectivity index (χ3v) is 7.01. The highest BCUT2D eigenvalue weighted by Gasteiger charge is 2.28. The normalized spacial score (nSPS) is 21.5. The molecule has 0 unspecified atom stereocenters. The Labute approximate surface area is 181 Å². The third-order valence-electron chi connectivity index (χ3n) is 5.88. The van der Waals surface area contributed by atoms with Crippen LogP contribution in [0.4, 0.5) is 4.39 Å². The van der Waals surface area contributed by atoms with E-state index in [0.29, 0.717) is 5.92 Å². The fraction of sp³-hybridized carbons (Fsp3) is 0.308. The summed E-state index contributed by atoms with van der Waals surface area (Å²) in [6.07, 6.45) is 4.42. The molecule has 4 heteroatoms. The summed E-state index contributed by atoms with van der Waals surface area (Å²) in [5.74, 6) is 0.149. The van der Waals surface area contributed by atoms with Gasteiger partial charge in [0.05, 0.1) is 18.8 Å². The van der Waals surface area contributed by atoms with E-state index in [0.717, 1.165) is 35.3 Å². The van der Waals surface area contributed by atoms with Gasteiger partial charge in [0, 0.05) is 16.2 Å². The van der Waals surface area contributed by atoms with Crippen molar-refractivity contribution in [3.8, 4) is 10.4 Å². The van der Waals surface area contributed by atoms with Gasteiger partial charge in [-0.1, -0.05) is 36.4 Å². The summed E-state index contributed by atoms with van der Waals surface area (Å²) in [5, 5.41) is 9.60. The number of benzene rings is 2. The summed E-state index contributed by atoms with van der Waals surface area (Å²) in [4.78, 5) is 2.42. The van der Waals surface area contributed by atoms with E-state index in [-0.39, 0.29) is 24.6 Å². The van der Waals surface area contributed by atoms with E-state index in [1.807, 2.05) is 18.2 Å². The van der Waals surface area contributed by atoms with Crippen LogP contribution in [0.25, 0.3) is 10.4 Å². The molecule has 0 amide bonds. The van der Waals surface area contributed by atoms with Gasteiger partial charge in [-0.25, -0.2) is 4.39 Å². The molecule has 4 rings (SSSR count). The molecule has 1 aliphatic heterocycles. The van der Waals surface area contributed by atoms with E-state index in [2.05, 4.69) is 43.8 Å². The molecule has 0 saturated carbocycles. The van der Waals surface area contributed by atoms with Crippen LogP contribution in [0.2, 0.25) is 0 Å². The van der Waals surface area contributed by atoms with E-state index in [1.165, 1.54) is 28.1 Å². The van der Waals surface area contributed by atoms with Crippen LogP contribution in [0.1, 0.15) is 40.5 Å². The van der Waals surface area contributed by atoms with Gasteiger partial charge in [0.2, 0.25) is 0 Å². The number of halogens is 1. The maximum absolute atomic E-state index is 13.2. The molecule has 1 aliphatic rings. The van der Waals surface area contributed by atoms with Crippen molar-refractivity contribution in [2.24, 2.45) is 5.92 Å². The molecule has 0 radical (unpaired) electrons. The van der Waals surface area contributed by atoms with Gasteiger partial charge in [-0.3, -0.25) is 0 Å². The zero-order valence-electron chi connectivity index (χ0n) is 17.2. The molecular weight excluding hydrogens is 395 g/mol. The number of thiophene rings is 1. The summed E-state index contributed by atoms with van der Waals surface area (Å²) < 4.78 is 19.3. The van der Waals surface area contributed by atoms with E-state index in [1.54, 1.807) is 11.3 Å². The number of ether oxygens (including phenoxy) is 1. The smallest absolute Gasteiger partial charge is 0.123 e. The zero-order valence-corrected chi connectivity index (χ0v) is 18.0. The van der Waals surface area contributed by atoms with Crippen molar-refractivity contribution in [3.05, 3.63) is 94.6 Å². The average molecular weight is 423 g/mol. The van der Waals surface area contributed by atoms with E-state index in [9.17, 15) is 9.50 Å². The first kappa shape index (κ1) is 21.0. The number of hydrogen-bond acceptors (Lipinski definition) is 3. The number of allylic oxidation sites excluding steroid dienone is 1. The first-order valence-corrected chi connectivity index (χ1v) is 11.2. The molecule has 3 atom stereocenters. The first-order valence-electron chi connectivity index (χ1n) is 10.4. The second kappa shape index (κ2) is 9.25. The van der Waals surface area contributed by atoms with Gasteiger partial charge in [0.1, 0.15) is 5.82 Å². The van der Waals surface area contributed by atoms with Crippen LogP contribution in [-0.4, -0.2) is 17.8 Å². The molecule has 1 saturated heterocycles. The van der Waals surface area contributed by atoms with E-state index >= 15 is 0 Å². The second-order valence-electron chi connectivity index (χ2n) is 8.03. The van der Waals surface area contributed by atoms with Gasteiger partial charge in [0.25, 0.3) is 0 Å². The number of rotatable bonds is 6. The molecule has 1 fully saturated rings. The molecule has 1 N–H and O–H groups in total. The maximum Gasteiger partial charge on any atom is 0.123 e. The molecule has 3 aromatic rings. The van der Waals surface area contributed by atoms with Crippen molar-refractivity contribution in [2.45, 2.75) is 38.4 Å². The lowest BCUT2D eigenvalue weighted by Crippen LogP contribution is -2.30. The van der Waals surface area contributed by atoms with Gasteiger partial charge in [-0.05, 0) is 72.2 Å². The summed E-state index contributed by atoms with van der Waals surface area (Å²) in [7, 11) is 0. The predicted octanol–water partition coefficient (Wildman–Crippen LogP) is 6.47. The van der Waals surface area contributed by atoms with E-state index in [4.69, 9.17) is 4.74 Å². The second-order valence-corrected chi connectivity index (χ2v) is 9.20. The monoisotopic (exact) mass is 422 g/mol. The van der Waals surface area contributed by atoms with Crippen LogP contribution >= 0.6 is 11.3 Å². The molecule has 2 heterocycles. The standard InChI is InChI=1S/C26H27FO2S/c1-3-18-12-23(16-28)29-25(13-18)20-5-4-17(2)21(14-20)15-24-10-11-26(30-24)19-6-8-22(27)9-7-19/h3-11,14,18,23,25,28H,1,12-13,15-16H2,2H3/t18-,23-,25+/m0/s1. The lowest BCUT2D eigenvalue weighted by atomic mass is 9.88. The van der Waals surface area contributed by atoms with Gasteiger partial charge < -0.3 is 9.84 Å². The quantitative estimate of drug-likeness (QED) is 0.462. The average Bonchev–Trinajstić information content (AvgIpc) is 3.24. The highest BCUT2D eigenvalue weighted by molar-refractivity contribution is 7.15. The Kier molecular flexibility index (Phi) is 6.47. The molecule has 1 aromatic heterocycles. The zero-order chi connectivity index (χ0) is 21.1. The van der Waals surface area contributed by atoms with Crippen LogP contribution in [0, 0.1) is 18.7 Å². The molecular formula is C26H27FO2S. The van der Waals surface area contributed by atoms with Crippen LogP contribution < -0.4 is 0 Å². The third kappa shape index (κ3) is 4.72. The van der Waals surface area contributed by atoms with Gasteiger partial charge in [-0.2, -0.15) is 0 Å². The lowest BCUT2D eigenvalue weighted by Gasteiger charge is -2.34. The number of hydrogen-bond donors (Lipinski definition) is 1. The Morgan fingerprint density at radius 3 is 2.67 bits per heavy atom. The number of aliphatic hydroxyl groups is 1. The molecule has 0 aliphatic carbocycles.